The van der Waals surface area contributed by atoms with Gasteiger partial charge in [-0.15, -0.1) is 0 Å². The molecule has 0 spiro atoms. The number of piperidine rings is 1. The highest BCUT2D eigenvalue weighted by atomic mass is 35.5. The van der Waals surface area contributed by atoms with Gasteiger partial charge in [0.25, 0.3) is 5.91 Å². The van der Waals surface area contributed by atoms with Crippen LogP contribution in [-0.2, 0) is 11.2 Å². The Morgan fingerprint density at radius 3 is 2.29 bits per heavy atom. The molecule has 2 aromatic rings. The fraction of sp³-hybridized carbons (Fsp3) is 0.333. The van der Waals surface area contributed by atoms with E-state index in [-0.39, 0.29) is 17.9 Å². The van der Waals surface area contributed by atoms with E-state index in [9.17, 15) is 9.59 Å². The summed E-state index contributed by atoms with van der Waals surface area (Å²) >= 11 is 18.0. The summed E-state index contributed by atoms with van der Waals surface area (Å²) in [4.78, 5) is 26.6. The Labute approximate surface area is 179 Å². The van der Waals surface area contributed by atoms with Crippen LogP contribution in [0.25, 0.3) is 0 Å². The molecule has 1 N–H and O–H groups in total. The molecule has 2 amide bonds. The molecule has 1 fully saturated rings. The largest absolute Gasteiger partial charge is 0.353 e. The number of nitrogens with zero attached hydrogens (tertiary/aromatic N) is 1. The predicted octanol–water partition coefficient (Wildman–Crippen LogP) is 5.00. The van der Waals surface area contributed by atoms with Gasteiger partial charge >= 0.3 is 0 Å². The quantitative estimate of drug-likeness (QED) is 0.712. The standard InChI is InChI=1S/C21H21Cl3N2O2/c22-15-4-1-14(2-5-15)3-8-20(27)25-17-9-11-26(12-10-17)21(28)18-13-16(23)6-7-19(18)24/h1-2,4-7,13,17H,3,8-12H2,(H,25,27). The van der Waals surface area contributed by atoms with Crippen LogP contribution in [0, 0.1) is 0 Å². The van der Waals surface area contributed by atoms with Crippen molar-refractivity contribution in [2.45, 2.75) is 31.7 Å². The monoisotopic (exact) mass is 438 g/mol. The van der Waals surface area contributed by atoms with Crippen LogP contribution in [0.1, 0.15) is 35.2 Å². The third kappa shape index (κ3) is 5.63. The second-order valence-corrected chi connectivity index (χ2v) is 8.16. The maximum absolute atomic E-state index is 12.7. The van der Waals surface area contributed by atoms with E-state index in [1.165, 1.54) is 0 Å². The summed E-state index contributed by atoms with van der Waals surface area (Å²) in [7, 11) is 0. The highest BCUT2D eigenvalue weighted by Crippen LogP contribution is 2.23. The maximum Gasteiger partial charge on any atom is 0.255 e. The van der Waals surface area contributed by atoms with Gasteiger partial charge < -0.3 is 10.2 Å². The number of nitrogens with one attached hydrogen (secondary N) is 1. The van der Waals surface area contributed by atoms with Gasteiger partial charge in [-0.05, 0) is 55.2 Å². The summed E-state index contributed by atoms with van der Waals surface area (Å²) in [6, 6.07) is 12.5. The average molecular weight is 440 g/mol. The minimum Gasteiger partial charge on any atom is -0.353 e. The van der Waals surface area contributed by atoms with Crippen LogP contribution >= 0.6 is 34.8 Å². The molecule has 1 heterocycles. The van der Waals surface area contributed by atoms with E-state index >= 15 is 0 Å². The number of amides is 2. The lowest BCUT2D eigenvalue weighted by Crippen LogP contribution is -2.46. The summed E-state index contributed by atoms with van der Waals surface area (Å²) in [5, 5.41) is 4.64. The number of hydrogen-bond acceptors (Lipinski definition) is 2. The van der Waals surface area contributed by atoms with Crippen molar-refractivity contribution in [2.24, 2.45) is 0 Å². The van der Waals surface area contributed by atoms with Gasteiger partial charge in [-0.2, -0.15) is 0 Å². The molecule has 7 heteroatoms. The topological polar surface area (TPSA) is 49.4 Å². The van der Waals surface area contributed by atoms with Crippen molar-refractivity contribution in [3.05, 3.63) is 68.7 Å². The minimum absolute atomic E-state index is 0.0256. The van der Waals surface area contributed by atoms with E-state index in [2.05, 4.69) is 5.32 Å². The van der Waals surface area contributed by atoms with Crippen molar-refractivity contribution in [2.75, 3.05) is 13.1 Å². The number of rotatable bonds is 5. The zero-order valence-electron chi connectivity index (χ0n) is 15.3. The molecule has 0 radical (unpaired) electrons. The number of halogens is 3. The van der Waals surface area contributed by atoms with Gasteiger partial charge in [-0.1, -0.05) is 46.9 Å². The minimum atomic E-state index is -0.125. The van der Waals surface area contributed by atoms with Gasteiger partial charge in [0.1, 0.15) is 0 Å². The Morgan fingerprint density at radius 2 is 1.61 bits per heavy atom. The SMILES string of the molecule is O=C(CCc1ccc(Cl)cc1)NC1CCN(C(=O)c2cc(Cl)ccc2Cl)CC1. The van der Waals surface area contributed by atoms with E-state index < -0.39 is 0 Å². The van der Waals surface area contributed by atoms with E-state index in [0.717, 1.165) is 18.4 Å². The molecular weight excluding hydrogens is 419 g/mol. The first-order valence-corrected chi connectivity index (χ1v) is 10.3. The summed E-state index contributed by atoms with van der Waals surface area (Å²) in [5.74, 6) is -0.0994. The van der Waals surface area contributed by atoms with Crippen molar-refractivity contribution in [1.82, 2.24) is 10.2 Å². The number of likely N-dealkylation sites (tertiary alicyclic amines) is 1. The first kappa shape index (κ1) is 21.0. The van der Waals surface area contributed by atoms with E-state index in [1.54, 1.807) is 23.1 Å². The molecule has 1 aliphatic rings. The molecule has 28 heavy (non-hydrogen) atoms. The Bertz CT molecular complexity index is 847. The Balaban J connectivity index is 1.45. The molecule has 1 aliphatic heterocycles. The van der Waals surface area contributed by atoms with Crippen LogP contribution in [0.4, 0.5) is 0 Å². The molecule has 0 atom stereocenters. The third-order valence-electron chi connectivity index (χ3n) is 4.86. The van der Waals surface area contributed by atoms with Gasteiger partial charge in [-0.3, -0.25) is 9.59 Å². The third-order valence-corrected chi connectivity index (χ3v) is 5.68. The molecule has 3 rings (SSSR count). The lowest BCUT2D eigenvalue weighted by atomic mass is 10.0. The zero-order chi connectivity index (χ0) is 20.1. The van der Waals surface area contributed by atoms with Crippen molar-refractivity contribution in [3.8, 4) is 0 Å². The maximum atomic E-state index is 12.7. The summed E-state index contributed by atoms with van der Waals surface area (Å²) in [6.45, 7) is 1.15. The molecule has 0 bridgehead atoms. The predicted molar refractivity (Wildman–Crippen MR) is 113 cm³/mol. The van der Waals surface area contributed by atoms with Gasteiger partial charge in [0.05, 0.1) is 10.6 Å². The number of benzene rings is 2. The van der Waals surface area contributed by atoms with Gasteiger partial charge in [-0.25, -0.2) is 0 Å². The second kappa shape index (κ2) is 9.64. The van der Waals surface area contributed by atoms with Crippen LogP contribution in [0.5, 0.6) is 0 Å². The molecule has 4 nitrogen and oxygen atoms in total. The smallest absolute Gasteiger partial charge is 0.255 e. The van der Waals surface area contributed by atoms with E-state index in [1.807, 2.05) is 24.3 Å². The highest BCUT2D eigenvalue weighted by molar-refractivity contribution is 6.35. The average Bonchev–Trinajstić information content (AvgIpc) is 2.69. The normalized spacial score (nSPS) is 14.8. The first-order valence-electron chi connectivity index (χ1n) is 9.20. The van der Waals surface area contributed by atoms with E-state index in [4.69, 9.17) is 34.8 Å². The van der Waals surface area contributed by atoms with Crippen LogP contribution in [0.3, 0.4) is 0 Å². The fourth-order valence-electron chi connectivity index (χ4n) is 3.27. The molecule has 148 valence electrons. The number of carbonyl (C=O) groups is 2. The molecule has 0 unspecified atom stereocenters. The lowest BCUT2D eigenvalue weighted by molar-refractivity contribution is -0.122. The molecule has 0 saturated carbocycles. The number of hydrogen-bond donors (Lipinski definition) is 1. The van der Waals surface area contributed by atoms with Crippen molar-refractivity contribution in [3.63, 3.8) is 0 Å². The van der Waals surface area contributed by atoms with Crippen LogP contribution in [0.2, 0.25) is 15.1 Å². The van der Waals surface area contributed by atoms with Gasteiger partial charge in [0.2, 0.25) is 5.91 Å². The molecule has 1 saturated heterocycles. The first-order chi connectivity index (χ1) is 13.4. The summed E-state index contributed by atoms with van der Waals surface area (Å²) < 4.78 is 0. The van der Waals surface area contributed by atoms with Crippen LogP contribution in [-0.4, -0.2) is 35.8 Å². The van der Waals surface area contributed by atoms with Crippen LogP contribution in [0.15, 0.2) is 42.5 Å². The lowest BCUT2D eigenvalue weighted by Gasteiger charge is -2.32. The van der Waals surface area contributed by atoms with Crippen molar-refractivity contribution >= 4 is 46.6 Å². The fourth-order valence-corrected chi connectivity index (χ4v) is 3.76. The summed E-state index contributed by atoms with van der Waals surface area (Å²) in [6.07, 6.45) is 2.54. The zero-order valence-corrected chi connectivity index (χ0v) is 17.5. The second-order valence-electron chi connectivity index (χ2n) is 6.88. The molecule has 2 aromatic carbocycles. The number of aryl methyl sites for hydroxylation is 1. The molecular formula is C21H21Cl3N2O2. The Kier molecular flexibility index (Phi) is 7.22. The van der Waals surface area contributed by atoms with Gasteiger partial charge in [0, 0.05) is 35.6 Å². The van der Waals surface area contributed by atoms with Crippen molar-refractivity contribution < 1.29 is 9.59 Å². The van der Waals surface area contributed by atoms with Crippen LogP contribution < -0.4 is 5.32 Å². The summed E-state index contributed by atoms with van der Waals surface area (Å²) in [5.41, 5.74) is 1.50. The number of carbonyl (C=O) groups excluding carboxylic acids is 2. The molecule has 0 aliphatic carbocycles. The van der Waals surface area contributed by atoms with E-state index in [0.29, 0.717) is 46.6 Å². The van der Waals surface area contributed by atoms with Crippen molar-refractivity contribution in [1.29, 1.82) is 0 Å². The van der Waals surface area contributed by atoms with Gasteiger partial charge in [0.15, 0.2) is 0 Å². The highest BCUT2D eigenvalue weighted by Gasteiger charge is 2.25. The Morgan fingerprint density at radius 1 is 0.964 bits per heavy atom. The molecule has 0 aromatic heterocycles. The Hall–Kier alpha value is -1.75.